The van der Waals surface area contributed by atoms with Gasteiger partial charge in [-0.05, 0) is 75.2 Å². The van der Waals surface area contributed by atoms with Crippen molar-refractivity contribution in [2.24, 2.45) is 0 Å². The van der Waals surface area contributed by atoms with Crippen LogP contribution in [0.4, 0.5) is 5.69 Å². The summed E-state index contributed by atoms with van der Waals surface area (Å²) in [5, 5.41) is 3.04. The number of amides is 2. The summed E-state index contributed by atoms with van der Waals surface area (Å²) < 4.78 is 35.8. The maximum Gasteiger partial charge on any atom is 0.264 e. The molecule has 2 amide bonds. The first-order valence-corrected chi connectivity index (χ1v) is 17.1. The van der Waals surface area contributed by atoms with Gasteiger partial charge in [-0.15, -0.1) is 0 Å². The molecular formula is C36H40BrN3O5S. The number of benzene rings is 4. The summed E-state index contributed by atoms with van der Waals surface area (Å²) in [5.74, 6) is -0.435. The first-order valence-electron chi connectivity index (χ1n) is 14.9. The third-order valence-electron chi connectivity index (χ3n) is 7.26. The van der Waals surface area contributed by atoms with E-state index in [1.54, 1.807) is 36.4 Å². The number of carbonyl (C=O) groups is 2. The monoisotopic (exact) mass is 705 g/mol. The Labute approximate surface area is 280 Å². The molecule has 0 aromatic heterocycles. The standard InChI is InChI=1S/C36H40BrN3O5S/c1-26-14-20-32(21-15-26)46(43,44)40(30-12-9-13-31(23-30)45-5)25-34(41)39(24-28-16-18-29(37)19-17-28)33(35(42)38-36(2,3)4)22-27-10-7-6-8-11-27/h6-21,23,33H,22,24-25H2,1-5H3,(H,38,42). The molecule has 0 heterocycles. The first kappa shape index (κ1) is 34.7. The minimum Gasteiger partial charge on any atom is -0.497 e. The van der Waals surface area contributed by atoms with E-state index in [2.05, 4.69) is 21.2 Å². The zero-order chi connectivity index (χ0) is 33.5. The predicted molar refractivity (Wildman–Crippen MR) is 185 cm³/mol. The molecule has 0 bridgehead atoms. The highest BCUT2D eigenvalue weighted by atomic mass is 79.9. The number of hydrogen-bond acceptors (Lipinski definition) is 5. The zero-order valence-electron chi connectivity index (χ0n) is 26.7. The van der Waals surface area contributed by atoms with Gasteiger partial charge in [-0.3, -0.25) is 13.9 Å². The normalized spacial score (nSPS) is 12.2. The largest absolute Gasteiger partial charge is 0.497 e. The number of rotatable bonds is 12. The lowest BCUT2D eigenvalue weighted by Crippen LogP contribution is -2.56. The Morgan fingerprint density at radius 3 is 2.13 bits per heavy atom. The fourth-order valence-electron chi connectivity index (χ4n) is 4.93. The van der Waals surface area contributed by atoms with Gasteiger partial charge in [-0.1, -0.05) is 82.2 Å². The predicted octanol–water partition coefficient (Wildman–Crippen LogP) is 6.52. The Morgan fingerprint density at radius 2 is 1.52 bits per heavy atom. The second kappa shape index (κ2) is 15.0. The third kappa shape index (κ3) is 9.20. The molecule has 0 aliphatic rings. The van der Waals surface area contributed by atoms with Crippen molar-refractivity contribution in [3.8, 4) is 5.75 Å². The minimum absolute atomic E-state index is 0.0412. The van der Waals surface area contributed by atoms with E-state index >= 15 is 0 Å². The van der Waals surface area contributed by atoms with Crippen molar-refractivity contribution in [3.05, 3.63) is 124 Å². The second-order valence-electron chi connectivity index (χ2n) is 12.1. The van der Waals surface area contributed by atoms with Crippen LogP contribution in [0.25, 0.3) is 0 Å². The number of sulfonamides is 1. The average Bonchev–Trinajstić information content (AvgIpc) is 3.02. The lowest BCUT2D eigenvalue weighted by molar-refractivity contribution is -0.140. The van der Waals surface area contributed by atoms with Gasteiger partial charge in [-0.25, -0.2) is 8.42 Å². The van der Waals surface area contributed by atoms with E-state index in [0.717, 1.165) is 25.5 Å². The van der Waals surface area contributed by atoms with Crippen molar-refractivity contribution in [3.63, 3.8) is 0 Å². The molecule has 0 aliphatic heterocycles. The molecule has 1 atom stereocenters. The summed E-state index contributed by atoms with van der Waals surface area (Å²) in [5.41, 5.74) is 2.24. The smallest absolute Gasteiger partial charge is 0.264 e. The quantitative estimate of drug-likeness (QED) is 0.181. The molecule has 0 fully saturated rings. The van der Waals surface area contributed by atoms with Gasteiger partial charge >= 0.3 is 0 Å². The van der Waals surface area contributed by atoms with E-state index < -0.39 is 34.1 Å². The molecule has 242 valence electrons. The molecule has 0 aliphatic carbocycles. The SMILES string of the molecule is COc1cccc(N(CC(=O)N(Cc2ccc(Br)cc2)C(Cc2ccccc2)C(=O)NC(C)(C)C)S(=O)(=O)c2ccc(C)cc2)c1. The number of methoxy groups -OCH3 is 1. The summed E-state index contributed by atoms with van der Waals surface area (Å²) in [7, 11) is -2.72. The van der Waals surface area contributed by atoms with Crippen LogP contribution in [0.5, 0.6) is 5.75 Å². The molecule has 10 heteroatoms. The van der Waals surface area contributed by atoms with Crippen molar-refractivity contribution < 1.29 is 22.7 Å². The molecule has 0 radical (unpaired) electrons. The number of anilines is 1. The topological polar surface area (TPSA) is 96.0 Å². The highest BCUT2D eigenvalue weighted by molar-refractivity contribution is 9.10. The fourth-order valence-corrected chi connectivity index (χ4v) is 6.60. The number of nitrogens with one attached hydrogen (secondary N) is 1. The summed E-state index contributed by atoms with van der Waals surface area (Å²) in [6.07, 6.45) is 0.231. The van der Waals surface area contributed by atoms with E-state index in [4.69, 9.17) is 4.74 Å². The number of halogens is 1. The number of aryl methyl sites for hydroxylation is 1. The molecule has 46 heavy (non-hydrogen) atoms. The minimum atomic E-state index is -4.21. The highest BCUT2D eigenvalue weighted by Gasteiger charge is 2.35. The van der Waals surface area contributed by atoms with Gasteiger partial charge < -0.3 is 15.0 Å². The van der Waals surface area contributed by atoms with Gasteiger partial charge in [0, 0.05) is 29.0 Å². The van der Waals surface area contributed by atoms with Gasteiger partial charge in [0.25, 0.3) is 10.0 Å². The summed E-state index contributed by atoms with van der Waals surface area (Å²) >= 11 is 3.46. The van der Waals surface area contributed by atoms with E-state index in [1.165, 1.54) is 24.1 Å². The Hall–Kier alpha value is -4.15. The van der Waals surface area contributed by atoms with E-state index in [0.29, 0.717) is 5.75 Å². The molecule has 4 aromatic rings. The average molecular weight is 707 g/mol. The highest BCUT2D eigenvalue weighted by Crippen LogP contribution is 2.28. The molecule has 0 spiro atoms. The van der Waals surface area contributed by atoms with Crippen LogP contribution in [0.2, 0.25) is 0 Å². The van der Waals surface area contributed by atoms with Crippen LogP contribution >= 0.6 is 15.9 Å². The van der Waals surface area contributed by atoms with Crippen molar-refractivity contribution in [1.29, 1.82) is 0 Å². The number of ether oxygens (including phenoxy) is 1. The summed E-state index contributed by atoms with van der Waals surface area (Å²) in [4.78, 5) is 30.1. The third-order valence-corrected chi connectivity index (χ3v) is 9.58. The summed E-state index contributed by atoms with van der Waals surface area (Å²) in [6.45, 7) is 7.04. The van der Waals surface area contributed by atoms with Gasteiger partial charge in [0.2, 0.25) is 11.8 Å². The van der Waals surface area contributed by atoms with E-state index in [1.807, 2.05) is 82.3 Å². The molecule has 4 aromatic carbocycles. The van der Waals surface area contributed by atoms with Crippen LogP contribution in [0.15, 0.2) is 112 Å². The van der Waals surface area contributed by atoms with Crippen LogP contribution in [0.3, 0.4) is 0 Å². The molecule has 8 nitrogen and oxygen atoms in total. The number of hydrogen-bond donors (Lipinski definition) is 1. The van der Waals surface area contributed by atoms with Crippen LogP contribution in [-0.4, -0.2) is 50.4 Å². The Balaban J connectivity index is 1.83. The Kier molecular flexibility index (Phi) is 11.3. The Morgan fingerprint density at radius 1 is 0.870 bits per heavy atom. The Bertz CT molecular complexity index is 1740. The molecular weight excluding hydrogens is 666 g/mol. The van der Waals surface area contributed by atoms with E-state index in [9.17, 15) is 18.0 Å². The van der Waals surface area contributed by atoms with Crippen molar-refractivity contribution in [1.82, 2.24) is 10.2 Å². The van der Waals surface area contributed by atoms with E-state index in [-0.39, 0.29) is 29.5 Å². The lowest BCUT2D eigenvalue weighted by Gasteiger charge is -2.35. The zero-order valence-corrected chi connectivity index (χ0v) is 29.1. The summed E-state index contributed by atoms with van der Waals surface area (Å²) in [6, 6.07) is 29.0. The number of carbonyl (C=O) groups excluding carboxylic acids is 2. The molecule has 0 saturated heterocycles. The lowest BCUT2D eigenvalue weighted by atomic mass is 10.0. The van der Waals surface area contributed by atoms with Gasteiger partial charge in [0.15, 0.2) is 0 Å². The van der Waals surface area contributed by atoms with Crippen LogP contribution in [0, 0.1) is 6.92 Å². The van der Waals surface area contributed by atoms with Crippen LogP contribution in [-0.2, 0) is 32.6 Å². The molecule has 1 N–H and O–H groups in total. The maximum absolute atomic E-state index is 14.6. The van der Waals surface area contributed by atoms with Crippen LogP contribution in [0.1, 0.15) is 37.5 Å². The fraction of sp³-hybridized carbons (Fsp3) is 0.278. The molecule has 0 saturated carbocycles. The molecule has 4 rings (SSSR count). The van der Waals surface area contributed by atoms with Gasteiger partial charge in [-0.2, -0.15) is 0 Å². The van der Waals surface area contributed by atoms with Gasteiger partial charge in [0.1, 0.15) is 18.3 Å². The first-order chi connectivity index (χ1) is 21.8. The second-order valence-corrected chi connectivity index (χ2v) is 14.9. The van der Waals surface area contributed by atoms with Crippen molar-refractivity contribution >= 4 is 43.5 Å². The van der Waals surface area contributed by atoms with Crippen molar-refractivity contribution in [2.75, 3.05) is 18.0 Å². The number of nitrogens with zero attached hydrogens (tertiary/aromatic N) is 2. The molecule has 1 unspecified atom stereocenters. The van der Waals surface area contributed by atoms with Crippen LogP contribution < -0.4 is 14.4 Å². The van der Waals surface area contributed by atoms with Crippen molar-refractivity contribution in [2.45, 2.75) is 57.1 Å². The van der Waals surface area contributed by atoms with Gasteiger partial charge in [0.05, 0.1) is 17.7 Å². The maximum atomic E-state index is 14.6.